The van der Waals surface area contributed by atoms with Crippen LogP contribution in [0.1, 0.15) is 38.5 Å². The summed E-state index contributed by atoms with van der Waals surface area (Å²) in [5.74, 6) is -0.918. The fraction of sp³-hybridized carbons (Fsp3) is 0.786. The number of hydrogen-bond acceptors (Lipinski definition) is 4. The van der Waals surface area contributed by atoms with Gasteiger partial charge in [-0.05, 0) is 25.7 Å². The molecule has 120 valence electrons. The number of carbonyl (C=O) groups is 3. The van der Waals surface area contributed by atoms with E-state index in [9.17, 15) is 14.4 Å². The van der Waals surface area contributed by atoms with E-state index in [1.54, 1.807) is 7.05 Å². The minimum absolute atomic E-state index is 0.0445. The summed E-state index contributed by atoms with van der Waals surface area (Å²) in [6.45, 7) is 2.00. The molecule has 21 heavy (non-hydrogen) atoms. The molecule has 3 amide bonds. The van der Waals surface area contributed by atoms with Gasteiger partial charge in [0.25, 0.3) is 0 Å². The molecule has 1 atom stereocenters. The lowest BCUT2D eigenvalue weighted by molar-refractivity contribution is -0.137. The molecule has 0 aromatic carbocycles. The molecule has 1 fully saturated rings. The maximum atomic E-state index is 11.8. The fourth-order valence-corrected chi connectivity index (χ4v) is 2.26. The van der Waals surface area contributed by atoms with Crippen molar-refractivity contribution in [2.75, 3.05) is 26.8 Å². The zero-order chi connectivity index (χ0) is 15.7. The molecule has 1 aliphatic heterocycles. The molecular formula is C14H24N2O5. The van der Waals surface area contributed by atoms with E-state index < -0.39 is 12.0 Å². The third-order valence-electron chi connectivity index (χ3n) is 3.42. The summed E-state index contributed by atoms with van der Waals surface area (Å²) in [6.07, 6.45) is 3.14. The third-order valence-corrected chi connectivity index (χ3v) is 3.42. The Bertz CT molecular complexity index is 366. The first-order valence-corrected chi connectivity index (χ1v) is 7.33. The zero-order valence-electron chi connectivity index (χ0n) is 12.5. The number of carbonyl (C=O) groups excluding carboxylic acids is 2. The summed E-state index contributed by atoms with van der Waals surface area (Å²) in [7, 11) is 1.65. The highest BCUT2D eigenvalue weighted by Crippen LogP contribution is 2.14. The lowest BCUT2D eigenvalue weighted by Crippen LogP contribution is -2.43. The summed E-state index contributed by atoms with van der Waals surface area (Å²) in [4.78, 5) is 35.2. The van der Waals surface area contributed by atoms with Crippen molar-refractivity contribution in [1.29, 1.82) is 0 Å². The molecule has 1 rings (SSSR count). The summed E-state index contributed by atoms with van der Waals surface area (Å²) in [5.41, 5.74) is 0. The van der Waals surface area contributed by atoms with Crippen LogP contribution < -0.4 is 5.32 Å². The Balaban J connectivity index is 2.18. The molecule has 1 saturated heterocycles. The molecule has 0 aromatic heterocycles. The quantitative estimate of drug-likeness (QED) is 0.689. The maximum absolute atomic E-state index is 11.8. The van der Waals surface area contributed by atoms with Crippen LogP contribution in [0.15, 0.2) is 0 Å². The van der Waals surface area contributed by atoms with E-state index in [2.05, 4.69) is 5.32 Å². The Kier molecular flexibility index (Phi) is 7.74. The van der Waals surface area contributed by atoms with Crippen LogP contribution in [0.3, 0.4) is 0 Å². The highest BCUT2D eigenvalue weighted by molar-refractivity contribution is 5.94. The molecule has 7 heteroatoms. The molecular weight excluding hydrogens is 276 g/mol. The number of aliphatic carboxylic acids is 1. The van der Waals surface area contributed by atoms with Crippen molar-refractivity contribution in [2.45, 2.75) is 38.5 Å². The molecule has 0 aliphatic carbocycles. The normalized spacial score (nSPS) is 18.0. The number of carboxylic acids is 1. The summed E-state index contributed by atoms with van der Waals surface area (Å²) in [5, 5.41) is 10.8. The molecule has 7 nitrogen and oxygen atoms in total. The summed E-state index contributed by atoms with van der Waals surface area (Å²) in [6, 6.07) is -0.413. The van der Waals surface area contributed by atoms with E-state index in [4.69, 9.17) is 9.84 Å². The number of rotatable bonds is 7. The molecule has 0 saturated carbocycles. The number of imide groups is 1. The number of unbranched alkanes of at least 4 members (excludes halogenated alkanes) is 1. The van der Waals surface area contributed by atoms with Crippen LogP contribution in [0.25, 0.3) is 0 Å². The highest BCUT2D eigenvalue weighted by Gasteiger charge is 2.19. The van der Waals surface area contributed by atoms with Crippen molar-refractivity contribution >= 4 is 17.9 Å². The second kappa shape index (κ2) is 9.33. The SMILES string of the molecule is CN(CC1CCCOC1)C(=O)NC(=O)CCCCC(=O)O. The van der Waals surface area contributed by atoms with Crippen LogP contribution in [0.2, 0.25) is 0 Å². The zero-order valence-corrected chi connectivity index (χ0v) is 12.5. The summed E-state index contributed by atoms with van der Waals surface area (Å²) < 4.78 is 5.36. The van der Waals surface area contributed by atoms with E-state index in [1.165, 1.54) is 4.90 Å². The molecule has 0 radical (unpaired) electrons. The van der Waals surface area contributed by atoms with E-state index >= 15 is 0 Å². The van der Waals surface area contributed by atoms with Crippen LogP contribution in [0.5, 0.6) is 0 Å². The lowest BCUT2D eigenvalue weighted by atomic mass is 10.0. The lowest BCUT2D eigenvalue weighted by Gasteiger charge is -2.27. The smallest absolute Gasteiger partial charge is 0.323 e. The average Bonchev–Trinajstić information content (AvgIpc) is 2.44. The van der Waals surface area contributed by atoms with Crippen molar-refractivity contribution < 1.29 is 24.2 Å². The van der Waals surface area contributed by atoms with Gasteiger partial charge in [-0.2, -0.15) is 0 Å². The number of ether oxygens (including phenoxy) is 1. The highest BCUT2D eigenvalue weighted by atomic mass is 16.5. The van der Waals surface area contributed by atoms with Crippen molar-refractivity contribution in [2.24, 2.45) is 5.92 Å². The molecule has 2 N–H and O–H groups in total. The largest absolute Gasteiger partial charge is 0.481 e. The maximum Gasteiger partial charge on any atom is 0.323 e. The van der Waals surface area contributed by atoms with Crippen molar-refractivity contribution in [3.05, 3.63) is 0 Å². The van der Waals surface area contributed by atoms with E-state index in [0.29, 0.717) is 31.9 Å². The minimum Gasteiger partial charge on any atom is -0.481 e. The van der Waals surface area contributed by atoms with Gasteiger partial charge in [0.1, 0.15) is 0 Å². The van der Waals surface area contributed by atoms with Gasteiger partial charge < -0.3 is 14.7 Å². The van der Waals surface area contributed by atoms with Gasteiger partial charge >= 0.3 is 12.0 Å². The number of nitrogens with zero attached hydrogens (tertiary/aromatic N) is 1. The molecule has 1 aliphatic rings. The van der Waals surface area contributed by atoms with Gasteiger partial charge in [-0.15, -0.1) is 0 Å². The van der Waals surface area contributed by atoms with Gasteiger partial charge in [-0.25, -0.2) is 4.79 Å². The number of carboxylic acid groups (broad SMARTS) is 1. The van der Waals surface area contributed by atoms with Crippen LogP contribution in [0.4, 0.5) is 4.79 Å². The number of nitrogens with one attached hydrogen (secondary N) is 1. The van der Waals surface area contributed by atoms with Gasteiger partial charge in [0, 0.05) is 39.0 Å². The van der Waals surface area contributed by atoms with Gasteiger partial charge in [0.05, 0.1) is 6.61 Å². The van der Waals surface area contributed by atoms with Gasteiger partial charge in [0.2, 0.25) is 5.91 Å². The molecule has 1 unspecified atom stereocenters. The number of hydrogen-bond donors (Lipinski definition) is 2. The van der Waals surface area contributed by atoms with Crippen LogP contribution in [-0.4, -0.2) is 54.7 Å². The first kappa shape index (κ1) is 17.4. The van der Waals surface area contributed by atoms with Crippen LogP contribution in [-0.2, 0) is 14.3 Å². The van der Waals surface area contributed by atoms with Crippen LogP contribution >= 0.6 is 0 Å². The van der Waals surface area contributed by atoms with E-state index in [-0.39, 0.29) is 18.7 Å². The van der Waals surface area contributed by atoms with Gasteiger partial charge in [-0.3, -0.25) is 14.9 Å². The van der Waals surface area contributed by atoms with Gasteiger partial charge in [0.15, 0.2) is 0 Å². The molecule has 0 spiro atoms. The standard InChI is InChI=1S/C14H24N2O5/c1-16(9-11-5-4-8-21-10-11)14(20)15-12(17)6-2-3-7-13(18)19/h11H,2-10H2,1H3,(H,18,19)(H,15,17,20). The topological polar surface area (TPSA) is 95.9 Å². The van der Waals surface area contributed by atoms with Gasteiger partial charge in [-0.1, -0.05) is 0 Å². The predicted molar refractivity (Wildman–Crippen MR) is 75.8 cm³/mol. The minimum atomic E-state index is -0.874. The van der Waals surface area contributed by atoms with E-state index in [0.717, 1.165) is 19.4 Å². The predicted octanol–water partition coefficient (Wildman–Crippen LogP) is 1.23. The Morgan fingerprint density at radius 2 is 2.00 bits per heavy atom. The average molecular weight is 300 g/mol. The second-order valence-corrected chi connectivity index (χ2v) is 5.42. The third kappa shape index (κ3) is 7.65. The van der Waals surface area contributed by atoms with Crippen molar-refractivity contribution in [3.63, 3.8) is 0 Å². The molecule has 0 aromatic rings. The molecule has 0 bridgehead atoms. The summed E-state index contributed by atoms with van der Waals surface area (Å²) >= 11 is 0. The molecule has 1 heterocycles. The Hall–Kier alpha value is -1.63. The fourth-order valence-electron chi connectivity index (χ4n) is 2.26. The first-order valence-electron chi connectivity index (χ1n) is 7.33. The van der Waals surface area contributed by atoms with Crippen molar-refractivity contribution in [1.82, 2.24) is 10.2 Å². The Morgan fingerprint density at radius 3 is 2.62 bits per heavy atom. The number of urea groups is 1. The monoisotopic (exact) mass is 300 g/mol. The second-order valence-electron chi connectivity index (χ2n) is 5.42. The van der Waals surface area contributed by atoms with E-state index in [1.807, 2.05) is 0 Å². The number of amides is 3. The van der Waals surface area contributed by atoms with Crippen LogP contribution in [0, 0.1) is 5.92 Å². The Labute approximate surface area is 124 Å². The Morgan fingerprint density at radius 1 is 1.29 bits per heavy atom. The van der Waals surface area contributed by atoms with Crippen molar-refractivity contribution in [3.8, 4) is 0 Å². The first-order chi connectivity index (χ1) is 9.99.